The molecule has 0 aliphatic carbocycles. The highest BCUT2D eigenvalue weighted by molar-refractivity contribution is 7.16. The summed E-state index contributed by atoms with van der Waals surface area (Å²) in [6.07, 6.45) is 0. The number of aromatic nitrogens is 2. The molecule has 0 saturated heterocycles. The molecule has 1 amide bonds. The number of non-ortho nitro benzene ring substituents is 1. The Hall–Kier alpha value is -4.21. The van der Waals surface area contributed by atoms with Gasteiger partial charge in [0.05, 0.1) is 38.5 Å². The SMILES string of the molecule is COCCn1c(=NC(=O)c2cc(-c3ccccc3)nc3ccccc23)sc2cc([N+](=O)[O-])ccc21. The number of hydrogen-bond donors (Lipinski definition) is 0. The summed E-state index contributed by atoms with van der Waals surface area (Å²) in [6.45, 7) is 0.854. The van der Waals surface area contributed by atoms with Crippen LogP contribution in [0, 0.1) is 10.1 Å². The van der Waals surface area contributed by atoms with Crippen molar-refractivity contribution in [2.45, 2.75) is 6.54 Å². The maximum Gasteiger partial charge on any atom is 0.280 e. The monoisotopic (exact) mass is 484 g/mol. The summed E-state index contributed by atoms with van der Waals surface area (Å²) >= 11 is 1.23. The minimum Gasteiger partial charge on any atom is -0.383 e. The smallest absolute Gasteiger partial charge is 0.280 e. The van der Waals surface area contributed by atoms with E-state index in [0.717, 1.165) is 11.1 Å². The first-order chi connectivity index (χ1) is 17.0. The summed E-state index contributed by atoms with van der Waals surface area (Å²) < 4.78 is 7.76. The molecule has 2 aromatic heterocycles. The van der Waals surface area contributed by atoms with Crippen molar-refractivity contribution in [3.8, 4) is 11.3 Å². The van der Waals surface area contributed by atoms with Crippen LogP contribution >= 0.6 is 11.3 Å². The number of thiazole rings is 1. The van der Waals surface area contributed by atoms with Gasteiger partial charge in [-0.25, -0.2) is 4.98 Å². The van der Waals surface area contributed by atoms with Crippen molar-refractivity contribution in [3.63, 3.8) is 0 Å². The number of amides is 1. The Morgan fingerprint density at radius 2 is 1.86 bits per heavy atom. The number of methoxy groups -OCH3 is 1. The van der Waals surface area contributed by atoms with Crippen molar-refractivity contribution < 1.29 is 14.5 Å². The number of fused-ring (bicyclic) bond motifs is 2. The van der Waals surface area contributed by atoms with E-state index in [9.17, 15) is 14.9 Å². The largest absolute Gasteiger partial charge is 0.383 e. The van der Waals surface area contributed by atoms with Gasteiger partial charge in [-0.05, 0) is 18.2 Å². The molecule has 0 saturated carbocycles. The zero-order chi connectivity index (χ0) is 24.4. The van der Waals surface area contributed by atoms with Crippen LogP contribution in [0.15, 0.2) is 83.9 Å². The maximum atomic E-state index is 13.5. The van der Waals surface area contributed by atoms with Crippen molar-refractivity contribution in [2.75, 3.05) is 13.7 Å². The number of para-hydroxylation sites is 1. The van der Waals surface area contributed by atoms with Crippen LogP contribution < -0.4 is 4.80 Å². The van der Waals surface area contributed by atoms with E-state index in [1.54, 1.807) is 19.2 Å². The number of pyridine rings is 1. The van der Waals surface area contributed by atoms with Crippen molar-refractivity contribution in [3.05, 3.63) is 99.3 Å². The molecule has 9 heteroatoms. The summed E-state index contributed by atoms with van der Waals surface area (Å²) in [5.74, 6) is -0.409. The van der Waals surface area contributed by atoms with Crippen molar-refractivity contribution in [2.24, 2.45) is 4.99 Å². The number of nitrogens with zero attached hydrogens (tertiary/aromatic N) is 4. The van der Waals surface area contributed by atoms with E-state index < -0.39 is 10.8 Å². The summed E-state index contributed by atoms with van der Waals surface area (Å²) in [7, 11) is 1.59. The molecule has 35 heavy (non-hydrogen) atoms. The Morgan fingerprint density at radius 1 is 1.09 bits per heavy atom. The van der Waals surface area contributed by atoms with Crippen LogP contribution in [0.5, 0.6) is 0 Å². The standard InChI is InChI=1S/C26H20N4O4S/c1-34-14-13-29-23-12-11-18(30(32)33)15-24(23)35-26(29)28-25(31)20-16-22(17-7-3-2-4-8-17)27-21-10-6-5-9-19(20)21/h2-12,15-16H,13-14H2,1H3. The molecule has 3 aromatic carbocycles. The van der Waals surface area contributed by atoms with Crippen LogP contribution in [-0.4, -0.2) is 34.1 Å². The van der Waals surface area contributed by atoms with Gasteiger partial charge in [-0.15, -0.1) is 0 Å². The fourth-order valence-electron chi connectivity index (χ4n) is 3.92. The lowest BCUT2D eigenvalue weighted by atomic mass is 10.0. The lowest BCUT2D eigenvalue weighted by Crippen LogP contribution is -2.19. The number of nitro groups is 1. The molecular formula is C26H20N4O4S. The van der Waals surface area contributed by atoms with E-state index in [2.05, 4.69) is 4.99 Å². The minimum atomic E-state index is -0.436. The molecule has 0 aliphatic rings. The summed E-state index contributed by atoms with van der Waals surface area (Å²) in [5.41, 5.74) is 3.47. The van der Waals surface area contributed by atoms with Gasteiger partial charge < -0.3 is 9.30 Å². The van der Waals surface area contributed by atoms with Gasteiger partial charge in [-0.3, -0.25) is 14.9 Å². The fraction of sp³-hybridized carbons (Fsp3) is 0.115. The lowest BCUT2D eigenvalue weighted by Gasteiger charge is -2.08. The Balaban J connectivity index is 1.68. The summed E-state index contributed by atoms with van der Waals surface area (Å²) in [5, 5.41) is 12.0. The quantitative estimate of drug-likeness (QED) is 0.243. The Bertz CT molecular complexity index is 1640. The van der Waals surface area contributed by atoms with Crippen molar-refractivity contribution >= 4 is 44.1 Å². The van der Waals surface area contributed by atoms with E-state index in [0.29, 0.717) is 44.8 Å². The third-order valence-electron chi connectivity index (χ3n) is 5.61. The molecule has 5 rings (SSSR count). The van der Waals surface area contributed by atoms with Crippen molar-refractivity contribution in [1.29, 1.82) is 0 Å². The van der Waals surface area contributed by atoms with Gasteiger partial charge in [0.2, 0.25) is 0 Å². The van der Waals surface area contributed by atoms with Gasteiger partial charge in [0.15, 0.2) is 4.80 Å². The lowest BCUT2D eigenvalue weighted by molar-refractivity contribution is -0.384. The first kappa shape index (κ1) is 22.6. The molecule has 0 atom stereocenters. The molecule has 5 aromatic rings. The van der Waals surface area contributed by atoms with Gasteiger partial charge in [-0.2, -0.15) is 4.99 Å². The molecular weight excluding hydrogens is 464 g/mol. The molecule has 8 nitrogen and oxygen atoms in total. The second-order valence-corrected chi connectivity index (χ2v) is 8.80. The molecule has 0 spiro atoms. The number of rotatable bonds is 6. The average Bonchev–Trinajstić information content (AvgIpc) is 3.23. The number of hydrogen-bond acceptors (Lipinski definition) is 6. The van der Waals surface area contributed by atoms with E-state index in [1.165, 1.54) is 23.5 Å². The summed E-state index contributed by atoms with van der Waals surface area (Å²) in [6, 6.07) is 23.5. The second kappa shape index (κ2) is 9.57. The number of benzene rings is 3. The van der Waals surface area contributed by atoms with Crippen LogP contribution in [0.25, 0.3) is 32.4 Å². The fourth-order valence-corrected chi connectivity index (χ4v) is 5.00. The number of nitro benzene ring substituents is 1. The Morgan fingerprint density at radius 3 is 2.63 bits per heavy atom. The molecule has 0 N–H and O–H groups in total. The molecule has 0 unspecified atom stereocenters. The zero-order valence-electron chi connectivity index (χ0n) is 18.7. The van der Waals surface area contributed by atoms with Gasteiger partial charge in [0.1, 0.15) is 0 Å². The minimum absolute atomic E-state index is 0.0110. The van der Waals surface area contributed by atoms with Crippen LogP contribution in [0.4, 0.5) is 5.69 Å². The molecule has 0 aliphatic heterocycles. The third kappa shape index (κ3) is 4.46. The van der Waals surface area contributed by atoms with Gasteiger partial charge >= 0.3 is 0 Å². The molecule has 0 radical (unpaired) electrons. The number of carbonyl (C=O) groups is 1. The normalized spacial score (nSPS) is 11.9. The van der Waals surface area contributed by atoms with Gasteiger partial charge in [0.25, 0.3) is 11.6 Å². The van der Waals surface area contributed by atoms with Gasteiger partial charge in [-0.1, -0.05) is 59.9 Å². The van der Waals surface area contributed by atoms with Crippen LogP contribution in [0.2, 0.25) is 0 Å². The van der Waals surface area contributed by atoms with E-state index in [-0.39, 0.29) is 5.69 Å². The number of ether oxygens (including phenoxy) is 1. The van der Waals surface area contributed by atoms with Crippen LogP contribution in [-0.2, 0) is 11.3 Å². The molecule has 0 fully saturated rings. The highest BCUT2D eigenvalue weighted by atomic mass is 32.1. The van der Waals surface area contributed by atoms with Gasteiger partial charge in [0, 0.05) is 36.7 Å². The molecule has 0 bridgehead atoms. The van der Waals surface area contributed by atoms with E-state index in [4.69, 9.17) is 9.72 Å². The van der Waals surface area contributed by atoms with Crippen LogP contribution in [0.1, 0.15) is 10.4 Å². The third-order valence-corrected chi connectivity index (χ3v) is 6.65. The van der Waals surface area contributed by atoms with Crippen LogP contribution in [0.3, 0.4) is 0 Å². The predicted octanol–water partition coefficient (Wildman–Crippen LogP) is 5.21. The van der Waals surface area contributed by atoms with Crippen molar-refractivity contribution in [1.82, 2.24) is 9.55 Å². The number of carbonyl (C=O) groups excluding carboxylic acids is 1. The Labute approximate surface area is 203 Å². The summed E-state index contributed by atoms with van der Waals surface area (Å²) in [4.78, 5) is 34.0. The maximum absolute atomic E-state index is 13.5. The molecule has 174 valence electrons. The molecule has 2 heterocycles. The highest BCUT2D eigenvalue weighted by Gasteiger charge is 2.16. The topological polar surface area (TPSA) is 99.6 Å². The zero-order valence-corrected chi connectivity index (χ0v) is 19.6. The van der Waals surface area contributed by atoms with E-state index >= 15 is 0 Å². The second-order valence-electron chi connectivity index (χ2n) is 7.79. The Kier molecular flexibility index (Phi) is 6.17. The highest BCUT2D eigenvalue weighted by Crippen LogP contribution is 2.26. The first-order valence-corrected chi connectivity index (χ1v) is 11.7. The predicted molar refractivity (Wildman–Crippen MR) is 135 cm³/mol. The average molecular weight is 485 g/mol. The van der Waals surface area contributed by atoms with E-state index in [1.807, 2.05) is 59.2 Å². The first-order valence-electron chi connectivity index (χ1n) is 10.9.